The minimum absolute atomic E-state index is 0.0221. The molecule has 0 amide bonds. The molecule has 0 aliphatic heterocycles. The van der Waals surface area contributed by atoms with Crippen LogP contribution in [0, 0.1) is 5.82 Å². The van der Waals surface area contributed by atoms with E-state index in [0.717, 1.165) is 4.47 Å². The molecule has 3 aromatic rings. The summed E-state index contributed by atoms with van der Waals surface area (Å²) in [5, 5.41) is 13.7. The topological polar surface area (TPSA) is 59.2 Å². The standard InChI is InChI=1S/C14H7Br2FN2O2/c15-8-1-2-12(20)11(6-8)14-18-13(19-21-14)7-3-9(16)5-10(17)4-7/h1-6,20H. The van der Waals surface area contributed by atoms with Gasteiger partial charge in [0, 0.05) is 14.5 Å². The van der Waals surface area contributed by atoms with E-state index in [2.05, 4.69) is 42.0 Å². The molecule has 0 aliphatic rings. The zero-order chi connectivity index (χ0) is 15.0. The Kier molecular flexibility index (Phi) is 3.77. The first-order chi connectivity index (χ1) is 10.0. The highest BCUT2D eigenvalue weighted by atomic mass is 79.9. The lowest BCUT2D eigenvalue weighted by atomic mass is 10.2. The van der Waals surface area contributed by atoms with Crippen LogP contribution in [0.4, 0.5) is 4.39 Å². The molecule has 0 bridgehead atoms. The highest BCUT2D eigenvalue weighted by Crippen LogP contribution is 2.32. The van der Waals surface area contributed by atoms with E-state index in [4.69, 9.17) is 4.52 Å². The van der Waals surface area contributed by atoms with Crippen LogP contribution in [0.5, 0.6) is 5.75 Å². The highest BCUT2D eigenvalue weighted by molar-refractivity contribution is 9.10. The third-order valence-electron chi connectivity index (χ3n) is 2.74. The molecule has 3 rings (SSSR count). The van der Waals surface area contributed by atoms with Gasteiger partial charge in [-0.1, -0.05) is 37.0 Å². The summed E-state index contributed by atoms with van der Waals surface area (Å²) in [6.45, 7) is 0. The van der Waals surface area contributed by atoms with Gasteiger partial charge in [0.1, 0.15) is 11.6 Å². The maximum Gasteiger partial charge on any atom is 0.262 e. The molecule has 2 aromatic carbocycles. The Morgan fingerprint density at radius 1 is 1.05 bits per heavy atom. The van der Waals surface area contributed by atoms with Gasteiger partial charge >= 0.3 is 0 Å². The van der Waals surface area contributed by atoms with Gasteiger partial charge in [0.2, 0.25) is 5.82 Å². The Bertz CT molecular complexity index is 800. The molecule has 0 unspecified atom stereocenters. The van der Waals surface area contributed by atoms with E-state index in [9.17, 15) is 9.50 Å². The molecule has 7 heteroatoms. The number of nitrogens with zero attached hydrogens (tertiary/aromatic N) is 2. The van der Waals surface area contributed by atoms with Crippen molar-refractivity contribution in [3.05, 3.63) is 51.2 Å². The second-order valence-electron chi connectivity index (χ2n) is 4.24. The molecular weight excluding hydrogens is 407 g/mol. The van der Waals surface area contributed by atoms with Gasteiger partial charge in [0.15, 0.2) is 0 Å². The molecule has 1 aromatic heterocycles. The lowest BCUT2D eigenvalue weighted by molar-refractivity contribution is 0.425. The molecule has 1 heterocycles. The fourth-order valence-corrected chi connectivity index (χ4v) is 2.64. The third-order valence-corrected chi connectivity index (χ3v) is 3.69. The van der Waals surface area contributed by atoms with E-state index in [0.29, 0.717) is 15.6 Å². The van der Waals surface area contributed by atoms with Crippen LogP contribution in [0.1, 0.15) is 0 Å². The molecule has 106 valence electrons. The van der Waals surface area contributed by atoms with Crippen molar-refractivity contribution in [1.29, 1.82) is 0 Å². The van der Waals surface area contributed by atoms with Crippen LogP contribution in [0.2, 0.25) is 0 Å². The zero-order valence-corrected chi connectivity index (χ0v) is 13.5. The van der Waals surface area contributed by atoms with Gasteiger partial charge < -0.3 is 9.63 Å². The van der Waals surface area contributed by atoms with Gasteiger partial charge in [-0.3, -0.25) is 0 Å². The number of hydrogen-bond donors (Lipinski definition) is 1. The van der Waals surface area contributed by atoms with E-state index < -0.39 is 5.82 Å². The van der Waals surface area contributed by atoms with Crippen LogP contribution < -0.4 is 0 Å². The Balaban J connectivity index is 2.05. The zero-order valence-electron chi connectivity index (χ0n) is 10.3. The van der Waals surface area contributed by atoms with E-state index in [1.165, 1.54) is 18.2 Å². The van der Waals surface area contributed by atoms with Gasteiger partial charge in [-0.2, -0.15) is 4.98 Å². The van der Waals surface area contributed by atoms with Gasteiger partial charge in [-0.15, -0.1) is 0 Å². The van der Waals surface area contributed by atoms with Crippen LogP contribution in [-0.4, -0.2) is 15.2 Å². The van der Waals surface area contributed by atoms with Crippen molar-refractivity contribution in [3.8, 4) is 28.6 Å². The molecule has 1 N–H and O–H groups in total. The molecule has 0 aliphatic carbocycles. The quantitative estimate of drug-likeness (QED) is 0.657. The third kappa shape index (κ3) is 2.98. The Hall–Kier alpha value is -1.73. The summed E-state index contributed by atoms with van der Waals surface area (Å²) in [5.74, 6) is 0.0126. The van der Waals surface area contributed by atoms with Crippen molar-refractivity contribution in [2.45, 2.75) is 0 Å². The van der Waals surface area contributed by atoms with Crippen molar-refractivity contribution in [2.75, 3.05) is 0 Å². The van der Waals surface area contributed by atoms with Crippen LogP contribution >= 0.6 is 31.9 Å². The number of phenols is 1. The predicted octanol–water partition coefficient (Wildman–Crippen LogP) is 4.77. The van der Waals surface area contributed by atoms with E-state index in [-0.39, 0.29) is 17.5 Å². The molecule has 0 fully saturated rings. The number of phenolic OH excluding ortho intramolecular Hbond substituents is 1. The lowest BCUT2D eigenvalue weighted by Gasteiger charge is -1.99. The van der Waals surface area contributed by atoms with E-state index in [1.54, 1.807) is 18.2 Å². The molecule has 0 saturated carbocycles. The highest BCUT2D eigenvalue weighted by Gasteiger charge is 2.15. The number of benzene rings is 2. The summed E-state index contributed by atoms with van der Waals surface area (Å²) in [4.78, 5) is 4.19. The molecule has 0 spiro atoms. The summed E-state index contributed by atoms with van der Waals surface area (Å²) in [6.07, 6.45) is 0. The maximum absolute atomic E-state index is 13.4. The fraction of sp³-hybridized carbons (Fsp3) is 0. The van der Waals surface area contributed by atoms with Crippen molar-refractivity contribution in [2.24, 2.45) is 0 Å². The first-order valence-corrected chi connectivity index (χ1v) is 7.40. The second-order valence-corrected chi connectivity index (χ2v) is 6.07. The maximum atomic E-state index is 13.4. The van der Waals surface area contributed by atoms with Crippen LogP contribution in [0.15, 0.2) is 49.9 Å². The normalized spacial score (nSPS) is 10.8. The average molecular weight is 414 g/mol. The molecule has 0 radical (unpaired) electrons. The van der Waals surface area contributed by atoms with E-state index in [1.807, 2.05) is 0 Å². The SMILES string of the molecule is Oc1ccc(Br)cc1-c1nc(-c2cc(F)cc(Br)c2)no1. The predicted molar refractivity (Wildman–Crippen MR) is 82.2 cm³/mol. The largest absolute Gasteiger partial charge is 0.507 e. The first kappa shape index (κ1) is 14.2. The number of hydrogen-bond acceptors (Lipinski definition) is 4. The lowest BCUT2D eigenvalue weighted by Crippen LogP contribution is -1.84. The van der Waals surface area contributed by atoms with Crippen LogP contribution in [0.25, 0.3) is 22.8 Å². The number of aromatic hydroxyl groups is 1. The molecule has 0 atom stereocenters. The van der Waals surface area contributed by atoms with Crippen LogP contribution in [0.3, 0.4) is 0 Å². The van der Waals surface area contributed by atoms with Crippen molar-refractivity contribution in [1.82, 2.24) is 10.1 Å². The van der Waals surface area contributed by atoms with Gasteiger partial charge in [-0.25, -0.2) is 4.39 Å². The minimum atomic E-state index is -0.406. The Morgan fingerprint density at radius 2 is 1.86 bits per heavy atom. The van der Waals surface area contributed by atoms with Crippen molar-refractivity contribution in [3.63, 3.8) is 0 Å². The first-order valence-electron chi connectivity index (χ1n) is 5.82. The summed E-state index contributed by atoms with van der Waals surface area (Å²) >= 11 is 6.52. The van der Waals surface area contributed by atoms with E-state index >= 15 is 0 Å². The fourth-order valence-electron chi connectivity index (χ4n) is 1.81. The van der Waals surface area contributed by atoms with Crippen molar-refractivity contribution >= 4 is 31.9 Å². The summed E-state index contributed by atoms with van der Waals surface area (Å²) in [5.41, 5.74) is 0.880. The number of rotatable bonds is 2. The van der Waals surface area contributed by atoms with Gasteiger partial charge in [0.25, 0.3) is 5.89 Å². The van der Waals surface area contributed by atoms with Crippen LogP contribution in [-0.2, 0) is 0 Å². The summed E-state index contributed by atoms with van der Waals surface area (Å²) in [6, 6.07) is 9.19. The Labute approximate surface area is 135 Å². The van der Waals surface area contributed by atoms with Gasteiger partial charge in [-0.05, 0) is 36.4 Å². The monoisotopic (exact) mass is 412 g/mol. The summed E-state index contributed by atoms with van der Waals surface area (Å²) < 4.78 is 19.9. The minimum Gasteiger partial charge on any atom is -0.507 e. The second kappa shape index (κ2) is 5.57. The summed E-state index contributed by atoms with van der Waals surface area (Å²) in [7, 11) is 0. The smallest absolute Gasteiger partial charge is 0.262 e. The number of halogens is 3. The molecule has 0 saturated heterocycles. The Morgan fingerprint density at radius 3 is 2.62 bits per heavy atom. The molecule has 21 heavy (non-hydrogen) atoms. The van der Waals surface area contributed by atoms with Gasteiger partial charge in [0.05, 0.1) is 5.56 Å². The molecule has 4 nitrogen and oxygen atoms in total. The average Bonchev–Trinajstić information content (AvgIpc) is 2.90. The molecular formula is C14H7Br2FN2O2. The number of aromatic nitrogens is 2. The van der Waals surface area contributed by atoms with Crippen molar-refractivity contribution < 1.29 is 14.0 Å².